The lowest BCUT2D eigenvalue weighted by atomic mass is 10.2. The van der Waals surface area contributed by atoms with Gasteiger partial charge in [-0.3, -0.25) is 0 Å². The highest BCUT2D eigenvalue weighted by Crippen LogP contribution is 2.22. The van der Waals surface area contributed by atoms with Gasteiger partial charge in [-0.2, -0.15) is 0 Å². The van der Waals surface area contributed by atoms with Crippen molar-refractivity contribution in [2.75, 3.05) is 31.1 Å². The third-order valence-electron chi connectivity index (χ3n) is 2.45. The molecule has 1 aromatic heterocycles. The van der Waals surface area contributed by atoms with Crippen molar-refractivity contribution in [3.05, 3.63) is 17.4 Å². The zero-order chi connectivity index (χ0) is 9.97. The van der Waals surface area contributed by atoms with E-state index >= 15 is 0 Å². The molecule has 2 rings (SSSR count). The zero-order valence-corrected chi connectivity index (χ0v) is 9.05. The lowest BCUT2D eigenvalue weighted by Gasteiger charge is -2.21. The van der Waals surface area contributed by atoms with E-state index in [1.54, 1.807) is 6.07 Å². The Labute approximate surface area is 89.0 Å². The van der Waals surface area contributed by atoms with Gasteiger partial charge in [0.15, 0.2) is 11.1 Å². The van der Waals surface area contributed by atoms with Crippen molar-refractivity contribution in [3.63, 3.8) is 0 Å². The molecule has 0 aliphatic carbocycles. The minimum atomic E-state index is 0.463. The van der Waals surface area contributed by atoms with Gasteiger partial charge in [-0.25, -0.2) is 0 Å². The predicted molar refractivity (Wildman–Crippen MR) is 58.0 cm³/mol. The summed E-state index contributed by atoms with van der Waals surface area (Å²) < 4.78 is 5.39. The number of anilines is 1. The highest BCUT2D eigenvalue weighted by atomic mass is 35.5. The first kappa shape index (κ1) is 9.87. The van der Waals surface area contributed by atoms with E-state index in [4.69, 9.17) is 16.0 Å². The summed E-state index contributed by atoms with van der Waals surface area (Å²) in [6.07, 6.45) is 0. The second-order valence-electron chi connectivity index (χ2n) is 3.83. The molecule has 0 aromatic carbocycles. The standard InChI is InChI=1S/C10H15ClN2O/c1-8-6-12-4-5-13(7-8)10-3-2-9(11)14-10/h2-3,8,12H,4-7H2,1H3. The zero-order valence-electron chi connectivity index (χ0n) is 8.29. The number of rotatable bonds is 1. The van der Waals surface area contributed by atoms with Crippen LogP contribution < -0.4 is 10.2 Å². The Bertz CT molecular complexity index is 300. The van der Waals surface area contributed by atoms with E-state index in [9.17, 15) is 0 Å². The maximum Gasteiger partial charge on any atom is 0.197 e. The Kier molecular flexibility index (Phi) is 2.99. The molecular weight excluding hydrogens is 200 g/mol. The van der Waals surface area contributed by atoms with Crippen molar-refractivity contribution in [3.8, 4) is 0 Å². The third-order valence-corrected chi connectivity index (χ3v) is 2.66. The fourth-order valence-corrected chi connectivity index (χ4v) is 1.91. The molecule has 0 radical (unpaired) electrons. The molecule has 14 heavy (non-hydrogen) atoms. The van der Waals surface area contributed by atoms with Crippen molar-refractivity contribution < 1.29 is 4.42 Å². The lowest BCUT2D eigenvalue weighted by molar-refractivity contribution is 0.521. The SMILES string of the molecule is CC1CNCCN(c2ccc(Cl)o2)C1. The maximum absolute atomic E-state index is 5.75. The van der Waals surface area contributed by atoms with Gasteiger partial charge in [0, 0.05) is 25.7 Å². The third kappa shape index (κ3) is 2.22. The second-order valence-corrected chi connectivity index (χ2v) is 4.21. The van der Waals surface area contributed by atoms with Crippen LogP contribution in [0.15, 0.2) is 16.5 Å². The molecule has 0 bridgehead atoms. The Morgan fingerprint density at radius 3 is 3.14 bits per heavy atom. The predicted octanol–water partition coefficient (Wildman–Crippen LogP) is 1.98. The minimum Gasteiger partial charge on any atom is -0.429 e. The molecule has 0 saturated carbocycles. The van der Waals surface area contributed by atoms with Gasteiger partial charge in [-0.05, 0) is 30.1 Å². The highest BCUT2D eigenvalue weighted by Gasteiger charge is 2.16. The van der Waals surface area contributed by atoms with Gasteiger partial charge >= 0.3 is 0 Å². The molecule has 4 heteroatoms. The first-order valence-corrected chi connectivity index (χ1v) is 5.34. The monoisotopic (exact) mass is 214 g/mol. The molecule has 1 atom stereocenters. The largest absolute Gasteiger partial charge is 0.429 e. The second kappa shape index (κ2) is 4.24. The molecule has 3 nitrogen and oxygen atoms in total. The summed E-state index contributed by atoms with van der Waals surface area (Å²) in [5.41, 5.74) is 0. The summed E-state index contributed by atoms with van der Waals surface area (Å²) in [5, 5.41) is 3.85. The fraction of sp³-hybridized carbons (Fsp3) is 0.600. The Hall–Kier alpha value is -0.670. The highest BCUT2D eigenvalue weighted by molar-refractivity contribution is 6.28. The molecular formula is C10H15ClN2O. The summed E-state index contributed by atoms with van der Waals surface area (Å²) >= 11 is 5.75. The molecule has 1 fully saturated rings. The fourth-order valence-electron chi connectivity index (χ4n) is 1.77. The molecule has 0 spiro atoms. The molecule has 0 amide bonds. The average molecular weight is 215 g/mol. The number of nitrogens with zero attached hydrogens (tertiary/aromatic N) is 1. The van der Waals surface area contributed by atoms with Crippen LogP contribution >= 0.6 is 11.6 Å². The van der Waals surface area contributed by atoms with Crippen molar-refractivity contribution in [1.82, 2.24) is 5.32 Å². The summed E-state index contributed by atoms with van der Waals surface area (Å²) in [6, 6.07) is 3.72. The van der Waals surface area contributed by atoms with Gasteiger partial charge in [-0.15, -0.1) is 0 Å². The van der Waals surface area contributed by atoms with Gasteiger partial charge in [0.1, 0.15) is 0 Å². The van der Waals surface area contributed by atoms with Gasteiger partial charge in [0.05, 0.1) is 0 Å². The molecule has 1 saturated heterocycles. The van der Waals surface area contributed by atoms with Crippen molar-refractivity contribution >= 4 is 17.5 Å². The molecule has 1 aliphatic heterocycles. The van der Waals surface area contributed by atoms with Crippen LogP contribution in [-0.2, 0) is 0 Å². The molecule has 1 unspecified atom stereocenters. The van der Waals surface area contributed by atoms with E-state index in [1.165, 1.54) is 0 Å². The van der Waals surface area contributed by atoms with Gasteiger partial charge < -0.3 is 14.6 Å². The van der Waals surface area contributed by atoms with Crippen LogP contribution in [0.1, 0.15) is 6.92 Å². The Balaban J connectivity index is 2.08. The first-order valence-electron chi connectivity index (χ1n) is 4.96. The van der Waals surface area contributed by atoms with E-state index in [0.29, 0.717) is 11.1 Å². The van der Waals surface area contributed by atoms with Crippen LogP contribution in [-0.4, -0.2) is 26.2 Å². The summed E-state index contributed by atoms with van der Waals surface area (Å²) in [4.78, 5) is 2.23. The Morgan fingerprint density at radius 2 is 2.43 bits per heavy atom. The van der Waals surface area contributed by atoms with Crippen LogP contribution in [0, 0.1) is 5.92 Å². The summed E-state index contributed by atoms with van der Waals surface area (Å²) in [5.74, 6) is 1.52. The van der Waals surface area contributed by atoms with E-state index < -0.39 is 0 Å². The van der Waals surface area contributed by atoms with Crippen molar-refractivity contribution in [1.29, 1.82) is 0 Å². The first-order chi connectivity index (χ1) is 6.75. The molecule has 1 aliphatic rings. The van der Waals surface area contributed by atoms with Crippen LogP contribution in [0.4, 0.5) is 5.88 Å². The lowest BCUT2D eigenvalue weighted by Crippen LogP contribution is -2.28. The molecule has 1 aromatic rings. The minimum absolute atomic E-state index is 0.463. The maximum atomic E-state index is 5.75. The number of hydrogen-bond donors (Lipinski definition) is 1. The molecule has 1 N–H and O–H groups in total. The van der Waals surface area contributed by atoms with E-state index in [2.05, 4.69) is 17.1 Å². The van der Waals surface area contributed by atoms with Crippen LogP contribution in [0.25, 0.3) is 0 Å². The molecule has 2 heterocycles. The smallest absolute Gasteiger partial charge is 0.197 e. The summed E-state index contributed by atoms with van der Waals surface area (Å²) in [7, 11) is 0. The van der Waals surface area contributed by atoms with Crippen LogP contribution in [0.5, 0.6) is 0 Å². The number of furan rings is 1. The number of halogens is 1. The van der Waals surface area contributed by atoms with Crippen molar-refractivity contribution in [2.24, 2.45) is 5.92 Å². The van der Waals surface area contributed by atoms with E-state index in [-0.39, 0.29) is 0 Å². The molecule has 78 valence electrons. The van der Waals surface area contributed by atoms with Gasteiger partial charge in [-0.1, -0.05) is 6.92 Å². The Morgan fingerprint density at radius 1 is 1.57 bits per heavy atom. The number of hydrogen-bond acceptors (Lipinski definition) is 3. The van der Waals surface area contributed by atoms with E-state index in [1.807, 2.05) is 6.07 Å². The topological polar surface area (TPSA) is 28.4 Å². The van der Waals surface area contributed by atoms with Crippen LogP contribution in [0.3, 0.4) is 0 Å². The van der Waals surface area contributed by atoms with Gasteiger partial charge in [0.2, 0.25) is 0 Å². The van der Waals surface area contributed by atoms with Crippen LogP contribution in [0.2, 0.25) is 5.22 Å². The van der Waals surface area contributed by atoms with Crippen molar-refractivity contribution in [2.45, 2.75) is 6.92 Å². The summed E-state index contributed by atoms with van der Waals surface area (Å²) in [6.45, 7) is 6.31. The normalized spacial score (nSPS) is 23.6. The van der Waals surface area contributed by atoms with Gasteiger partial charge in [0.25, 0.3) is 0 Å². The number of nitrogens with one attached hydrogen (secondary N) is 1. The average Bonchev–Trinajstić information content (AvgIpc) is 2.45. The quantitative estimate of drug-likeness (QED) is 0.775. The van der Waals surface area contributed by atoms with E-state index in [0.717, 1.165) is 32.1 Å².